The first-order valence-electron chi connectivity index (χ1n) is 24.5. The van der Waals surface area contributed by atoms with Crippen molar-refractivity contribution >= 4 is 0 Å². The zero-order valence-corrected chi connectivity index (χ0v) is 41.1. The van der Waals surface area contributed by atoms with Crippen LogP contribution in [0.2, 0.25) is 0 Å². The van der Waals surface area contributed by atoms with Crippen molar-refractivity contribution in [3.05, 3.63) is 231 Å². The monoisotopic (exact) mass is 917 g/mol. The van der Waals surface area contributed by atoms with Crippen molar-refractivity contribution in [1.82, 2.24) is 44.3 Å². The highest BCUT2D eigenvalue weighted by Gasteiger charge is 2.21. The molecule has 0 aliphatic rings. The van der Waals surface area contributed by atoms with Gasteiger partial charge in [-0.3, -0.25) is 0 Å². The Kier molecular flexibility index (Phi) is 13.2. The maximum absolute atomic E-state index is 5.24. The van der Waals surface area contributed by atoms with Crippen LogP contribution in [0, 0.1) is 41.5 Å². The summed E-state index contributed by atoms with van der Waals surface area (Å²) < 4.78 is 6.14. The molecule has 0 aliphatic carbocycles. The van der Waals surface area contributed by atoms with Crippen molar-refractivity contribution < 1.29 is 0 Å². The predicted molar refractivity (Wildman–Crippen MR) is 282 cm³/mol. The van der Waals surface area contributed by atoms with Crippen LogP contribution in [0.1, 0.15) is 74.0 Å². The van der Waals surface area contributed by atoms with E-state index in [9.17, 15) is 0 Å². The van der Waals surface area contributed by atoms with Gasteiger partial charge in [0.25, 0.3) is 0 Å². The summed E-state index contributed by atoms with van der Waals surface area (Å²) >= 11 is 0. The molecule has 70 heavy (non-hydrogen) atoms. The van der Waals surface area contributed by atoms with Crippen LogP contribution in [-0.2, 0) is 38.5 Å². The number of benzene rings is 7. The number of aryl methyl sites for hydroxylation is 12. The van der Waals surface area contributed by atoms with Gasteiger partial charge in [0, 0.05) is 36.0 Å². The van der Waals surface area contributed by atoms with Gasteiger partial charge in [-0.2, -0.15) is 15.3 Å². The van der Waals surface area contributed by atoms with Crippen LogP contribution in [-0.4, -0.2) is 44.3 Å². The molecule has 3 aromatic heterocycles. The Balaban J connectivity index is 0.958. The van der Waals surface area contributed by atoms with Crippen molar-refractivity contribution in [2.45, 2.75) is 86.5 Å². The number of para-hydroxylation sites is 3. The topological polar surface area (TPSA) is 92.1 Å². The smallest absolute Gasteiger partial charge is 0.163 e. The summed E-state index contributed by atoms with van der Waals surface area (Å²) in [6.07, 6.45) is 5.53. The van der Waals surface area contributed by atoms with Gasteiger partial charge in [-0.25, -0.2) is 29.0 Å². The van der Waals surface area contributed by atoms with Crippen molar-refractivity contribution in [2.75, 3.05) is 0 Å². The third-order valence-electron chi connectivity index (χ3n) is 13.4. The van der Waals surface area contributed by atoms with Crippen LogP contribution < -0.4 is 0 Å². The van der Waals surface area contributed by atoms with E-state index in [1.807, 2.05) is 27.6 Å². The minimum atomic E-state index is 0.693. The first kappa shape index (κ1) is 45.7. The van der Waals surface area contributed by atoms with Gasteiger partial charge in [0.2, 0.25) is 0 Å². The molecule has 0 radical (unpaired) electrons. The van der Waals surface area contributed by atoms with Crippen molar-refractivity contribution in [3.63, 3.8) is 0 Å². The minimum absolute atomic E-state index is 0.693. The van der Waals surface area contributed by atoms with Gasteiger partial charge in [0.15, 0.2) is 34.9 Å². The molecule has 10 rings (SSSR count). The number of hydrogen-bond donors (Lipinski definition) is 0. The summed E-state index contributed by atoms with van der Waals surface area (Å²) in [6.45, 7) is 12.9. The zero-order chi connectivity index (χ0) is 48.1. The molecule has 348 valence electrons. The van der Waals surface area contributed by atoms with Crippen molar-refractivity contribution in [3.8, 4) is 51.2 Å². The fourth-order valence-corrected chi connectivity index (χ4v) is 9.84. The first-order chi connectivity index (χ1) is 34.2. The highest BCUT2D eigenvalue weighted by atomic mass is 15.4. The summed E-state index contributed by atoms with van der Waals surface area (Å²) in [7, 11) is 0. The largest absolute Gasteiger partial charge is 0.212 e. The molecule has 0 N–H and O–H groups in total. The van der Waals surface area contributed by atoms with E-state index >= 15 is 0 Å². The molecule has 7 aromatic carbocycles. The van der Waals surface area contributed by atoms with E-state index in [1.54, 1.807) is 0 Å². The Labute approximate surface area is 411 Å². The number of hydrogen-bond acceptors (Lipinski definition) is 6. The number of rotatable bonds is 16. The lowest BCUT2D eigenvalue weighted by Gasteiger charge is -2.12. The summed E-state index contributed by atoms with van der Waals surface area (Å²) in [5, 5.41) is 15.6. The van der Waals surface area contributed by atoms with Crippen molar-refractivity contribution in [2.24, 2.45) is 0 Å². The van der Waals surface area contributed by atoms with Crippen molar-refractivity contribution in [1.29, 1.82) is 0 Å². The average molecular weight is 918 g/mol. The lowest BCUT2D eigenvalue weighted by atomic mass is 9.94. The Hall–Kier alpha value is -8.04. The van der Waals surface area contributed by atoms with Gasteiger partial charge in [-0.1, -0.05) is 164 Å². The molecule has 0 unspecified atom stereocenters. The average Bonchev–Trinajstić information content (AvgIpc) is 4.12. The molecule has 0 spiro atoms. The SMILES string of the molecule is Cc1cccc(C)c1-n1nc(CCCc2ccc(CCc3nc(-c4ccccc4)n(-c4c(C)cccc4C)n3)cc2CCc2nc(-c3ccccc3)n(-c3c(C)cccc3C)n2)nc1-c1ccccc1. The lowest BCUT2D eigenvalue weighted by Crippen LogP contribution is -2.06. The molecule has 0 saturated heterocycles. The summed E-state index contributed by atoms with van der Waals surface area (Å²) in [6, 6.07) is 57.4. The van der Waals surface area contributed by atoms with Gasteiger partial charge >= 0.3 is 0 Å². The van der Waals surface area contributed by atoms with Crippen LogP contribution in [0.3, 0.4) is 0 Å². The van der Waals surface area contributed by atoms with Crippen LogP contribution >= 0.6 is 0 Å². The molecule has 3 heterocycles. The highest BCUT2D eigenvalue weighted by molar-refractivity contribution is 5.63. The summed E-state index contributed by atoms with van der Waals surface area (Å²) in [5.74, 6) is 5.07. The lowest BCUT2D eigenvalue weighted by molar-refractivity contribution is 0.744. The van der Waals surface area contributed by atoms with E-state index < -0.39 is 0 Å². The van der Waals surface area contributed by atoms with Gasteiger partial charge in [-0.15, -0.1) is 0 Å². The highest BCUT2D eigenvalue weighted by Crippen LogP contribution is 2.30. The normalized spacial score (nSPS) is 11.4. The predicted octanol–water partition coefficient (Wildman–Crippen LogP) is 13.0. The molecule has 9 heteroatoms. The molecule has 0 atom stereocenters. The standard InChI is InChI=1S/C61H59N9/c1-41-20-16-21-42(2)56(41)68-59(49-26-10-7-11-27-49)62-53(65-68)33-19-32-48-36-34-47(35-38-54-63-60(50-28-12-8-13-29-50)69(66-54)57-43(3)22-17-23-44(57)4)40-52(48)37-39-55-64-61(51-30-14-9-15-31-51)70(67-55)58-45(5)24-18-25-46(58)6/h7-18,20-31,34,36,40H,19,32-33,35,37-39H2,1-6H3. The molecular weight excluding hydrogens is 859 g/mol. The first-order valence-corrected chi connectivity index (χ1v) is 24.5. The summed E-state index contributed by atoms with van der Waals surface area (Å²) in [4.78, 5) is 15.6. The quantitative estimate of drug-likeness (QED) is 0.0959. The Bertz CT molecular complexity index is 3360. The van der Waals surface area contributed by atoms with Crippen LogP contribution in [0.5, 0.6) is 0 Å². The fraction of sp³-hybridized carbons (Fsp3) is 0.213. The Morgan fingerprint density at radius 2 is 0.671 bits per heavy atom. The van der Waals surface area contributed by atoms with E-state index in [0.717, 1.165) is 112 Å². The van der Waals surface area contributed by atoms with E-state index in [4.69, 9.17) is 30.2 Å². The molecule has 0 bridgehead atoms. The second-order valence-corrected chi connectivity index (χ2v) is 18.6. The van der Waals surface area contributed by atoms with Gasteiger partial charge in [-0.05, 0) is 117 Å². The van der Waals surface area contributed by atoms with E-state index in [2.05, 4.69) is 192 Å². The molecular formula is C61H59N9. The third-order valence-corrected chi connectivity index (χ3v) is 13.4. The van der Waals surface area contributed by atoms with Crippen LogP contribution in [0.4, 0.5) is 0 Å². The molecule has 0 amide bonds. The van der Waals surface area contributed by atoms with Crippen LogP contribution in [0.25, 0.3) is 51.2 Å². The molecule has 0 saturated carbocycles. The second-order valence-electron chi connectivity index (χ2n) is 18.6. The molecule has 0 fully saturated rings. The Morgan fingerprint density at radius 3 is 1.06 bits per heavy atom. The molecule has 9 nitrogen and oxygen atoms in total. The van der Waals surface area contributed by atoms with E-state index in [1.165, 1.54) is 38.9 Å². The third kappa shape index (κ3) is 9.65. The maximum Gasteiger partial charge on any atom is 0.163 e. The maximum atomic E-state index is 5.24. The van der Waals surface area contributed by atoms with E-state index in [0.29, 0.717) is 12.8 Å². The second kappa shape index (κ2) is 20.3. The summed E-state index contributed by atoms with van der Waals surface area (Å²) in [5.41, 5.74) is 17.3. The van der Waals surface area contributed by atoms with Gasteiger partial charge in [0.1, 0.15) is 0 Å². The Morgan fingerprint density at radius 1 is 0.314 bits per heavy atom. The zero-order valence-electron chi connectivity index (χ0n) is 41.1. The number of aromatic nitrogens is 9. The van der Waals surface area contributed by atoms with Crippen LogP contribution in [0.15, 0.2) is 164 Å². The fourth-order valence-electron chi connectivity index (χ4n) is 9.84. The van der Waals surface area contributed by atoms with E-state index in [-0.39, 0.29) is 0 Å². The minimum Gasteiger partial charge on any atom is -0.212 e. The van der Waals surface area contributed by atoms with Gasteiger partial charge < -0.3 is 0 Å². The number of nitrogens with zero attached hydrogens (tertiary/aromatic N) is 9. The molecule has 0 aliphatic heterocycles. The van der Waals surface area contributed by atoms with Gasteiger partial charge in [0.05, 0.1) is 17.1 Å². The molecule has 10 aromatic rings.